The first kappa shape index (κ1) is 106. The molecule has 11 amide bonds. The van der Waals surface area contributed by atoms with Crippen molar-refractivity contribution in [3.05, 3.63) is 0 Å². The summed E-state index contributed by atoms with van der Waals surface area (Å²) in [5.74, 6) is -2.89. The first-order chi connectivity index (χ1) is 57.5. The summed E-state index contributed by atoms with van der Waals surface area (Å²) in [6, 6.07) is -2.97. The number of ether oxygens (including phenoxy) is 9. The second-order valence-electron chi connectivity index (χ2n) is 31.7. The number of amides is 11. The van der Waals surface area contributed by atoms with Crippen LogP contribution in [0.4, 0.5) is 0 Å². The van der Waals surface area contributed by atoms with Gasteiger partial charge < -0.3 is 147 Å². The van der Waals surface area contributed by atoms with E-state index in [0.29, 0.717) is 82.6 Å². The largest absolute Gasteiger partial charge is 0.394 e. The predicted molar refractivity (Wildman–Crippen MR) is 430 cm³/mol. The molecule has 15 unspecified atom stereocenters. The summed E-state index contributed by atoms with van der Waals surface area (Å²) in [7, 11) is 0. The molecule has 0 aromatic heterocycles. The molecule has 4 heterocycles. The van der Waals surface area contributed by atoms with E-state index < -0.39 is 135 Å². The van der Waals surface area contributed by atoms with Crippen LogP contribution in [0.3, 0.4) is 0 Å². The third kappa shape index (κ3) is 42.7. The summed E-state index contributed by atoms with van der Waals surface area (Å²) < 4.78 is 52.3. The number of aliphatic hydroxyl groups is 9. The Hall–Kier alpha value is -6.55. The molecule has 4 saturated heterocycles. The number of nitrogens with zero attached hydrogens (tertiary/aromatic N) is 1. The molecule has 692 valence electrons. The normalized spacial score (nSPS) is 24.7. The number of hydrogen-bond acceptors (Lipinski definition) is 29. The van der Waals surface area contributed by atoms with Crippen LogP contribution >= 0.6 is 0 Å². The number of likely N-dealkylation sites (tertiary alicyclic amines) is 1. The lowest BCUT2D eigenvalue weighted by Gasteiger charge is -2.42. The Morgan fingerprint density at radius 1 is 0.383 bits per heavy atom. The first-order valence-electron chi connectivity index (χ1n) is 43.0. The smallest absolute Gasteiger partial charge is 0.222 e. The number of rotatable bonds is 64. The van der Waals surface area contributed by atoms with E-state index in [9.17, 15) is 98.7 Å². The van der Waals surface area contributed by atoms with Crippen LogP contribution in [-0.4, -0.2) is 344 Å². The minimum absolute atomic E-state index is 0.0783. The van der Waals surface area contributed by atoms with Crippen LogP contribution in [0.5, 0.6) is 0 Å². The van der Waals surface area contributed by atoms with E-state index in [0.717, 1.165) is 64.3 Å². The zero-order valence-corrected chi connectivity index (χ0v) is 71.0. The molecule has 40 heteroatoms. The Bertz CT molecular complexity index is 2750. The standard InChI is InChI=1S/C80H143N11O29/c1-52(2)28-29-56-22-18-39-91(56)67(105)27-11-9-7-6-8-10-26-66(104)90-80(49-112-43-30-63(101)84-36-19-33-81-60(98)23-12-15-40-115-77-68(87-53(3)95)74(109)71(106)57(46-92)118-77,50-113-44-31-64(102)85-37-20-34-82-61(99)24-13-16-41-116-78-69(88-54(4)96)75(110)72(107)58(47-93)119-78)51-114-45-32-65(103)86-38-21-35-83-62(100)25-14-17-42-117-79-70(89-55(5)97)76(111)73(108)59(48-94)120-79/h52,56-59,68-79,92-94,106-111H,6-51H2,1-5H3,(H,81,98)(H,82,99)(H,83,100)(H,84,101)(H,85,102)(H,86,103)(H,87,95)(H,88,96)(H,89,97)(H,90,104)/t56-,57?,58?,59?,68?,69?,70?,71?,72?,73?,74?,75?,76?,77?,78?,79?,80?/m0/s1. The van der Waals surface area contributed by atoms with Crippen molar-refractivity contribution in [1.29, 1.82) is 0 Å². The molecule has 4 rings (SSSR count). The molecule has 0 radical (unpaired) electrons. The monoisotopic (exact) mass is 1720 g/mol. The maximum absolute atomic E-state index is 14.1. The van der Waals surface area contributed by atoms with Gasteiger partial charge >= 0.3 is 0 Å². The first-order valence-corrected chi connectivity index (χ1v) is 43.0. The molecule has 0 spiro atoms. The van der Waals surface area contributed by atoms with Crippen molar-refractivity contribution in [1.82, 2.24) is 58.1 Å². The number of carbonyl (C=O) groups is 11. The van der Waals surface area contributed by atoms with Gasteiger partial charge in [-0.15, -0.1) is 0 Å². The molecular weight excluding hydrogens is 1580 g/mol. The average molecular weight is 1720 g/mol. The summed E-state index contributed by atoms with van der Waals surface area (Å²) in [6.07, 6.45) is -2.51. The van der Waals surface area contributed by atoms with Crippen LogP contribution < -0.4 is 53.2 Å². The second-order valence-corrected chi connectivity index (χ2v) is 31.7. The minimum atomic E-state index is -1.46. The lowest BCUT2D eigenvalue weighted by Crippen LogP contribution is -2.64. The molecule has 4 aliphatic heterocycles. The van der Waals surface area contributed by atoms with Gasteiger partial charge in [0, 0.05) is 144 Å². The second kappa shape index (κ2) is 60.9. The lowest BCUT2D eigenvalue weighted by molar-refractivity contribution is -0.270. The highest BCUT2D eigenvalue weighted by Crippen LogP contribution is 2.28. The van der Waals surface area contributed by atoms with Crippen molar-refractivity contribution < 1.29 is 141 Å². The fourth-order valence-electron chi connectivity index (χ4n) is 14.1. The van der Waals surface area contributed by atoms with Gasteiger partial charge in [0.2, 0.25) is 65.0 Å². The molecule has 19 N–H and O–H groups in total. The van der Waals surface area contributed by atoms with E-state index in [-0.39, 0.29) is 191 Å². The van der Waals surface area contributed by atoms with Crippen LogP contribution in [0.15, 0.2) is 0 Å². The van der Waals surface area contributed by atoms with Crippen molar-refractivity contribution in [3.8, 4) is 0 Å². The molecule has 0 bridgehead atoms. The van der Waals surface area contributed by atoms with Crippen molar-refractivity contribution >= 4 is 65.0 Å². The third-order valence-electron chi connectivity index (χ3n) is 20.8. The summed E-state index contributed by atoms with van der Waals surface area (Å²) in [4.78, 5) is 142. The number of carbonyl (C=O) groups excluding carboxylic acids is 11. The third-order valence-corrected chi connectivity index (χ3v) is 20.8. The SMILES string of the molecule is CC(=O)NC1C(OCCCCC(=O)NCCCNC(=O)CCOCC(COCCC(=O)NCCCNC(=O)CCCCOC2OC(CO)C(O)C(O)C2NC(C)=O)(COCCC(=O)NCCCNC(=O)CCCCOC2OC(CO)C(O)C(O)C2NC(C)=O)NC(=O)CCCCCCCCC(=O)N2CCC[C@H]2CCC(C)C)OC(CO)C(O)C1O. The van der Waals surface area contributed by atoms with Crippen molar-refractivity contribution in [3.63, 3.8) is 0 Å². The zero-order valence-electron chi connectivity index (χ0n) is 71.0. The Labute approximate surface area is 704 Å². The van der Waals surface area contributed by atoms with Crippen LogP contribution in [-0.2, 0) is 95.4 Å². The number of aliphatic hydroxyl groups excluding tert-OH is 9. The van der Waals surface area contributed by atoms with E-state index in [2.05, 4.69) is 71.9 Å². The Kier molecular flexibility index (Phi) is 53.7. The minimum Gasteiger partial charge on any atom is -0.394 e. The Balaban J connectivity index is 1.30. The van der Waals surface area contributed by atoms with Gasteiger partial charge in [-0.05, 0) is 102 Å². The van der Waals surface area contributed by atoms with Gasteiger partial charge in [-0.1, -0.05) is 39.5 Å². The highest BCUT2D eigenvalue weighted by atomic mass is 16.7. The van der Waals surface area contributed by atoms with Crippen molar-refractivity contribution in [2.75, 3.05) is 125 Å². The van der Waals surface area contributed by atoms with Crippen LogP contribution in [0.2, 0.25) is 0 Å². The van der Waals surface area contributed by atoms with Gasteiger partial charge in [0.05, 0.1) is 59.5 Å². The maximum atomic E-state index is 14.1. The summed E-state index contributed by atoms with van der Waals surface area (Å²) in [5.41, 5.74) is -1.42. The number of hydrogen-bond donors (Lipinski definition) is 19. The molecule has 16 atom stereocenters. The van der Waals surface area contributed by atoms with E-state index in [1.54, 1.807) is 0 Å². The van der Waals surface area contributed by atoms with Gasteiger partial charge in [0.25, 0.3) is 0 Å². The molecular formula is C80H143N11O29. The fourth-order valence-corrected chi connectivity index (χ4v) is 14.1. The van der Waals surface area contributed by atoms with E-state index in [1.807, 2.05) is 0 Å². The van der Waals surface area contributed by atoms with Crippen LogP contribution in [0, 0.1) is 5.92 Å². The lowest BCUT2D eigenvalue weighted by atomic mass is 9.97. The Morgan fingerprint density at radius 3 is 1.00 bits per heavy atom. The van der Waals surface area contributed by atoms with Crippen LogP contribution in [0.25, 0.3) is 0 Å². The predicted octanol–water partition coefficient (Wildman–Crippen LogP) is -3.13. The quantitative estimate of drug-likeness (QED) is 0.0268. The summed E-state index contributed by atoms with van der Waals surface area (Å²) in [6.45, 7) is 7.63. The van der Waals surface area contributed by atoms with Gasteiger partial charge in [-0.3, -0.25) is 52.7 Å². The fraction of sp³-hybridized carbons (Fsp3) is 0.863. The molecule has 0 aliphatic carbocycles. The topological polar surface area (TPSA) is 576 Å². The molecule has 4 aliphatic rings. The average Bonchev–Trinajstić information content (AvgIpc) is 1.09. The molecule has 0 saturated carbocycles. The van der Waals surface area contributed by atoms with Gasteiger partial charge in [0.15, 0.2) is 18.9 Å². The molecule has 40 nitrogen and oxygen atoms in total. The summed E-state index contributed by atoms with van der Waals surface area (Å²) in [5, 5.41) is 119. The number of nitrogens with one attached hydrogen (secondary N) is 10. The molecule has 0 aromatic rings. The van der Waals surface area contributed by atoms with Gasteiger partial charge in [-0.25, -0.2) is 0 Å². The molecule has 4 fully saturated rings. The number of unbranched alkanes of at least 4 members (excludes halogenated alkanes) is 8. The molecule has 0 aromatic carbocycles. The zero-order chi connectivity index (χ0) is 88.2. The van der Waals surface area contributed by atoms with E-state index >= 15 is 0 Å². The highest BCUT2D eigenvalue weighted by molar-refractivity contribution is 5.79. The maximum Gasteiger partial charge on any atom is 0.222 e. The summed E-state index contributed by atoms with van der Waals surface area (Å²) >= 11 is 0. The molecule has 120 heavy (non-hydrogen) atoms. The van der Waals surface area contributed by atoms with Crippen molar-refractivity contribution in [2.45, 2.75) is 311 Å². The van der Waals surface area contributed by atoms with Crippen molar-refractivity contribution in [2.24, 2.45) is 5.92 Å². The highest BCUT2D eigenvalue weighted by Gasteiger charge is 2.48. The Morgan fingerprint density at radius 2 is 0.683 bits per heavy atom. The van der Waals surface area contributed by atoms with Gasteiger partial charge in [0.1, 0.15) is 78.6 Å². The van der Waals surface area contributed by atoms with E-state index in [1.165, 1.54) is 20.8 Å². The van der Waals surface area contributed by atoms with Gasteiger partial charge in [-0.2, -0.15) is 0 Å². The van der Waals surface area contributed by atoms with E-state index in [4.69, 9.17) is 42.6 Å². The van der Waals surface area contributed by atoms with Crippen LogP contribution in [0.1, 0.15) is 208 Å².